The van der Waals surface area contributed by atoms with E-state index in [9.17, 15) is 4.79 Å². The van der Waals surface area contributed by atoms with E-state index in [1.54, 1.807) is 7.11 Å². The maximum absolute atomic E-state index is 11.2. The molecule has 88 valence electrons. The van der Waals surface area contributed by atoms with E-state index < -0.39 is 0 Å². The monoisotopic (exact) mass is 221 g/mol. The minimum Gasteiger partial charge on any atom is -0.496 e. The van der Waals surface area contributed by atoms with Gasteiger partial charge in [-0.1, -0.05) is 25.1 Å². The van der Waals surface area contributed by atoms with Gasteiger partial charge < -0.3 is 10.1 Å². The molecule has 1 amide bonds. The molecule has 3 heteroatoms. The lowest BCUT2D eigenvalue weighted by Gasteiger charge is -2.15. The number of hydrogen-bond acceptors (Lipinski definition) is 2. The second-order valence-electron chi connectivity index (χ2n) is 3.84. The smallest absolute Gasteiger partial charge is 0.219 e. The van der Waals surface area contributed by atoms with Crippen molar-refractivity contribution in [3.63, 3.8) is 0 Å². The van der Waals surface area contributed by atoms with E-state index >= 15 is 0 Å². The SMILES string of the molecule is CCC(=O)NC(C)Cc1ccccc1OC. The molecule has 3 nitrogen and oxygen atoms in total. The molecule has 1 atom stereocenters. The lowest BCUT2D eigenvalue weighted by molar-refractivity contribution is -0.121. The van der Waals surface area contributed by atoms with Crippen LogP contribution in [0.15, 0.2) is 24.3 Å². The van der Waals surface area contributed by atoms with Crippen molar-refractivity contribution < 1.29 is 9.53 Å². The van der Waals surface area contributed by atoms with E-state index in [0.29, 0.717) is 6.42 Å². The summed E-state index contributed by atoms with van der Waals surface area (Å²) in [5, 5.41) is 2.93. The van der Waals surface area contributed by atoms with E-state index in [1.807, 2.05) is 38.1 Å². The minimum atomic E-state index is 0.0856. The van der Waals surface area contributed by atoms with Crippen LogP contribution in [0, 0.1) is 0 Å². The summed E-state index contributed by atoms with van der Waals surface area (Å²) in [5.41, 5.74) is 1.12. The Morgan fingerprint density at radius 2 is 2.12 bits per heavy atom. The molecule has 0 fully saturated rings. The van der Waals surface area contributed by atoms with Crippen LogP contribution in [-0.2, 0) is 11.2 Å². The minimum absolute atomic E-state index is 0.0856. The standard InChI is InChI=1S/C13H19NO2/c1-4-13(15)14-10(2)9-11-7-5-6-8-12(11)16-3/h5-8,10H,4,9H2,1-3H3,(H,14,15). The van der Waals surface area contributed by atoms with Crippen LogP contribution in [0.4, 0.5) is 0 Å². The number of methoxy groups -OCH3 is 1. The second-order valence-corrected chi connectivity index (χ2v) is 3.84. The number of rotatable bonds is 5. The molecule has 1 rings (SSSR count). The fourth-order valence-electron chi connectivity index (χ4n) is 1.63. The Morgan fingerprint density at radius 1 is 1.44 bits per heavy atom. The first-order valence-electron chi connectivity index (χ1n) is 5.58. The summed E-state index contributed by atoms with van der Waals surface area (Å²) in [5.74, 6) is 0.961. The molecule has 0 spiro atoms. The van der Waals surface area contributed by atoms with Crippen LogP contribution in [0.5, 0.6) is 5.75 Å². The molecule has 16 heavy (non-hydrogen) atoms. The number of benzene rings is 1. The molecule has 0 radical (unpaired) electrons. The molecule has 0 saturated heterocycles. The summed E-state index contributed by atoms with van der Waals surface area (Å²) in [4.78, 5) is 11.2. The van der Waals surface area contributed by atoms with Gasteiger partial charge >= 0.3 is 0 Å². The predicted molar refractivity (Wildman–Crippen MR) is 64.6 cm³/mol. The Balaban J connectivity index is 2.61. The molecule has 0 aliphatic carbocycles. The third-order valence-electron chi connectivity index (χ3n) is 2.45. The van der Waals surface area contributed by atoms with Gasteiger partial charge in [-0.15, -0.1) is 0 Å². The number of carbonyl (C=O) groups is 1. The number of ether oxygens (including phenoxy) is 1. The Bertz CT molecular complexity index is 350. The van der Waals surface area contributed by atoms with Crippen molar-refractivity contribution in [3.8, 4) is 5.75 Å². The predicted octanol–water partition coefficient (Wildman–Crippen LogP) is 2.15. The van der Waals surface area contributed by atoms with Crippen molar-refractivity contribution >= 4 is 5.91 Å². The molecule has 1 aromatic carbocycles. The maximum atomic E-state index is 11.2. The van der Waals surface area contributed by atoms with Crippen LogP contribution in [0.25, 0.3) is 0 Å². The van der Waals surface area contributed by atoms with Gasteiger partial charge in [0.05, 0.1) is 7.11 Å². The zero-order valence-electron chi connectivity index (χ0n) is 10.1. The van der Waals surface area contributed by atoms with Gasteiger partial charge in [-0.25, -0.2) is 0 Å². The second kappa shape index (κ2) is 6.16. The average Bonchev–Trinajstić information content (AvgIpc) is 2.29. The highest BCUT2D eigenvalue weighted by molar-refractivity contribution is 5.75. The van der Waals surface area contributed by atoms with Crippen molar-refractivity contribution in [2.24, 2.45) is 0 Å². The largest absolute Gasteiger partial charge is 0.496 e. The van der Waals surface area contributed by atoms with Gasteiger partial charge in [-0.05, 0) is 25.0 Å². The number of para-hydroxylation sites is 1. The molecule has 0 aliphatic rings. The summed E-state index contributed by atoms with van der Waals surface area (Å²) >= 11 is 0. The molecular weight excluding hydrogens is 202 g/mol. The van der Waals surface area contributed by atoms with Gasteiger partial charge in [0.25, 0.3) is 0 Å². The Morgan fingerprint density at radius 3 is 2.75 bits per heavy atom. The summed E-state index contributed by atoms with van der Waals surface area (Å²) in [7, 11) is 1.66. The highest BCUT2D eigenvalue weighted by Gasteiger charge is 2.09. The van der Waals surface area contributed by atoms with Gasteiger partial charge in [0.2, 0.25) is 5.91 Å². The van der Waals surface area contributed by atoms with Crippen LogP contribution >= 0.6 is 0 Å². The molecule has 1 N–H and O–H groups in total. The molecule has 1 aromatic rings. The van der Waals surface area contributed by atoms with Crippen LogP contribution < -0.4 is 10.1 Å². The first-order valence-corrected chi connectivity index (χ1v) is 5.58. The van der Waals surface area contributed by atoms with Crippen LogP contribution in [-0.4, -0.2) is 19.1 Å². The first-order chi connectivity index (χ1) is 7.67. The van der Waals surface area contributed by atoms with E-state index in [-0.39, 0.29) is 11.9 Å². The Labute approximate surface area is 96.8 Å². The van der Waals surface area contributed by atoms with Gasteiger partial charge in [0.1, 0.15) is 5.75 Å². The number of hydrogen-bond donors (Lipinski definition) is 1. The highest BCUT2D eigenvalue weighted by Crippen LogP contribution is 2.18. The Kier molecular flexibility index (Phi) is 4.83. The van der Waals surface area contributed by atoms with E-state index in [1.165, 1.54) is 0 Å². The number of amides is 1. The summed E-state index contributed by atoms with van der Waals surface area (Å²) < 4.78 is 5.26. The topological polar surface area (TPSA) is 38.3 Å². The molecule has 0 aromatic heterocycles. The third-order valence-corrected chi connectivity index (χ3v) is 2.45. The van der Waals surface area contributed by atoms with E-state index in [0.717, 1.165) is 17.7 Å². The molecule has 0 aliphatic heterocycles. The molecule has 0 bridgehead atoms. The zero-order valence-corrected chi connectivity index (χ0v) is 10.1. The zero-order chi connectivity index (χ0) is 12.0. The highest BCUT2D eigenvalue weighted by atomic mass is 16.5. The van der Waals surface area contributed by atoms with Crippen molar-refractivity contribution in [1.82, 2.24) is 5.32 Å². The molecule has 0 saturated carbocycles. The molecular formula is C13H19NO2. The lowest BCUT2D eigenvalue weighted by atomic mass is 10.1. The normalized spacial score (nSPS) is 11.9. The van der Waals surface area contributed by atoms with Gasteiger partial charge in [0, 0.05) is 12.5 Å². The van der Waals surface area contributed by atoms with Gasteiger partial charge in [-0.2, -0.15) is 0 Å². The third kappa shape index (κ3) is 3.57. The first kappa shape index (κ1) is 12.6. The van der Waals surface area contributed by atoms with Gasteiger partial charge in [0.15, 0.2) is 0 Å². The maximum Gasteiger partial charge on any atom is 0.219 e. The average molecular weight is 221 g/mol. The van der Waals surface area contributed by atoms with Crippen LogP contribution in [0.2, 0.25) is 0 Å². The summed E-state index contributed by atoms with van der Waals surface area (Å²) in [6.07, 6.45) is 1.31. The molecule has 0 heterocycles. The van der Waals surface area contributed by atoms with Crippen LogP contribution in [0.1, 0.15) is 25.8 Å². The fourth-order valence-corrected chi connectivity index (χ4v) is 1.63. The molecule has 1 unspecified atom stereocenters. The van der Waals surface area contributed by atoms with Crippen molar-refractivity contribution in [1.29, 1.82) is 0 Å². The van der Waals surface area contributed by atoms with Crippen LogP contribution in [0.3, 0.4) is 0 Å². The van der Waals surface area contributed by atoms with Crippen molar-refractivity contribution in [2.45, 2.75) is 32.7 Å². The van der Waals surface area contributed by atoms with Crippen molar-refractivity contribution in [2.75, 3.05) is 7.11 Å². The summed E-state index contributed by atoms with van der Waals surface area (Å²) in [6.45, 7) is 3.85. The summed E-state index contributed by atoms with van der Waals surface area (Å²) in [6, 6.07) is 8.00. The van der Waals surface area contributed by atoms with Gasteiger partial charge in [-0.3, -0.25) is 4.79 Å². The fraction of sp³-hybridized carbons (Fsp3) is 0.462. The quantitative estimate of drug-likeness (QED) is 0.827. The Hall–Kier alpha value is -1.51. The lowest BCUT2D eigenvalue weighted by Crippen LogP contribution is -2.33. The number of nitrogens with one attached hydrogen (secondary N) is 1. The van der Waals surface area contributed by atoms with Crippen molar-refractivity contribution in [3.05, 3.63) is 29.8 Å². The van der Waals surface area contributed by atoms with E-state index in [2.05, 4.69) is 5.32 Å². The number of carbonyl (C=O) groups excluding carboxylic acids is 1. The van der Waals surface area contributed by atoms with E-state index in [4.69, 9.17) is 4.74 Å².